The third-order valence-electron chi connectivity index (χ3n) is 3.42. The predicted octanol–water partition coefficient (Wildman–Crippen LogP) is 0.384. The van der Waals surface area contributed by atoms with Crippen LogP contribution in [0, 0.1) is 11.3 Å². The molecule has 1 heterocycles. The molecule has 1 atom stereocenters. The highest BCUT2D eigenvalue weighted by atomic mass is 16.2. The summed E-state index contributed by atoms with van der Waals surface area (Å²) in [4.78, 5) is 17.6. The number of nitriles is 1. The van der Waals surface area contributed by atoms with Crippen LogP contribution in [0.5, 0.6) is 0 Å². The molecule has 0 spiro atoms. The van der Waals surface area contributed by atoms with Gasteiger partial charge in [0.05, 0.1) is 18.7 Å². The maximum absolute atomic E-state index is 11.6. The van der Waals surface area contributed by atoms with Crippen LogP contribution in [-0.2, 0) is 4.79 Å². The molecule has 1 saturated heterocycles. The van der Waals surface area contributed by atoms with Crippen LogP contribution in [0.15, 0.2) is 0 Å². The van der Waals surface area contributed by atoms with E-state index in [9.17, 15) is 4.79 Å². The molecular formula is C13H24N4O. The van der Waals surface area contributed by atoms with E-state index in [1.807, 2.05) is 0 Å². The lowest BCUT2D eigenvalue weighted by Gasteiger charge is -2.36. The average molecular weight is 252 g/mol. The molecule has 5 nitrogen and oxygen atoms in total. The van der Waals surface area contributed by atoms with Crippen LogP contribution in [0.25, 0.3) is 0 Å². The van der Waals surface area contributed by atoms with Crippen molar-refractivity contribution in [3.05, 3.63) is 0 Å². The smallest absolute Gasteiger partial charge is 0.236 e. The molecule has 1 unspecified atom stereocenters. The van der Waals surface area contributed by atoms with E-state index < -0.39 is 0 Å². The first-order valence-corrected chi connectivity index (χ1v) is 6.64. The van der Waals surface area contributed by atoms with Gasteiger partial charge in [0.25, 0.3) is 0 Å². The quantitative estimate of drug-likeness (QED) is 0.710. The van der Waals surface area contributed by atoms with Crippen molar-refractivity contribution in [2.45, 2.75) is 25.8 Å². The zero-order chi connectivity index (χ0) is 13.5. The number of likely N-dealkylation sites (N-methyl/N-ethyl adjacent to an activating group) is 1. The summed E-state index contributed by atoms with van der Waals surface area (Å²) in [6, 6.07) is 2.42. The Balaban J connectivity index is 2.36. The number of nitrogens with zero attached hydrogens (tertiary/aromatic N) is 4. The Morgan fingerprint density at radius 3 is 2.39 bits per heavy atom. The average Bonchev–Trinajstić information content (AvgIpc) is 2.37. The van der Waals surface area contributed by atoms with Crippen molar-refractivity contribution < 1.29 is 4.79 Å². The maximum atomic E-state index is 11.6. The van der Waals surface area contributed by atoms with E-state index >= 15 is 0 Å². The Labute approximate surface area is 110 Å². The van der Waals surface area contributed by atoms with Crippen LogP contribution in [0.1, 0.15) is 19.8 Å². The van der Waals surface area contributed by atoms with Gasteiger partial charge < -0.3 is 4.90 Å². The molecule has 5 heteroatoms. The molecule has 102 valence electrons. The van der Waals surface area contributed by atoms with Gasteiger partial charge >= 0.3 is 0 Å². The van der Waals surface area contributed by atoms with Crippen molar-refractivity contribution in [1.29, 1.82) is 5.26 Å². The predicted molar refractivity (Wildman–Crippen MR) is 71.0 cm³/mol. The fourth-order valence-electron chi connectivity index (χ4n) is 2.17. The number of hydrogen-bond donors (Lipinski definition) is 0. The summed E-state index contributed by atoms with van der Waals surface area (Å²) in [6.45, 7) is 6.13. The molecule has 0 aromatic carbocycles. The molecule has 1 amide bonds. The van der Waals surface area contributed by atoms with Gasteiger partial charge in [0.2, 0.25) is 5.91 Å². The molecule has 1 rings (SSSR count). The lowest BCUT2D eigenvalue weighted by molar-refractivity contribution is -0.130. The highest BCUT2D eigenvalue weighted by molar-refractivity contribution is 5.77. The van der Waals surface area contributed by atoms with Crippen LogP contribution in [0.4, 0.5) is 0 Å². The topological polar surface area (TPSA) is 50.6 Å². The molecule has 0 aliphatic carbocycles. The maximum Gasteiger partial charge on any atom is 0.236 e. The highest BCUT2D eigenvalue weighted by Crippen LogP contribution is 2.10. The van der Waals surface area contributed by atoms with Crippen LogP contribution >= 0.6 is 0 Å². The Hall–Kier alpha value is -1.12. The standard InChI is InChI=1S/C13H24N4O/c1-4-5-12(10-14)17-8-6-16(7-9-17)11-13(18)15(2)3/h12H,4-9,11H2,1-3H3. The van der Waals surface area contributed by atoms with E-state index in [1.165, 1.54) is 0 Å². The third-order valence-corrected chi connectivity index (χ3v) is 3.42. The summed E-state index contributed by atoms with van der Waals surface area (Å²) in [5.41, 5.74) is 0. The fraction of sp³-hybridized carbons (Fsp3) is 0.846. The lowest BCUT2D eigenvalue weighted by Crippen LogP contribution is -2.51. The van der Waals surface area contributed by atoms with E-state index in [2.05, 4.69) is 22.8 Å². The third kappa shape index (κ3) is 4.28. The van der Waals surface area contributed by atoms with E-state index in [1.54, 1.807) is 19.0 Å². The molecule has 1 fully saturated rings. The lowest BCUT2D eigenvalue weighted by atomic mass is 10.1. The number of hydrogen-bond acceptors (Lipinski definition) is 4. The number of rotatable bonds is 5. The molecule has 0 bridgehead atoms. The first-order chi connectivity index (χ1) is 8.58. The molecule has 0 aromatic rings. The van der Waals surface area contributed by atoms with Gasteiger partial charge in [0, 0.05) is 40.3 Å². The van der Waals surface area contributed by atoms with Crippen molar-refractivity contribution in [3.8, 4) is 6.07 Å². The van der Waals surface area contributed by atoms with Gasteiger partial charge in [-0.05, 0) is 6.42 Å². The SMILES string of the molecule is CCCC(C#N)N1CCN(CC(=O)N(C)C)CC1. The number of carbonyl (C=O) groups excluding carboxylic acids is 1. The monoisotopic (exact) mass is 252 g/mol. The van der Waals surface area contributed by atoms with Crippen molar-refractivity contribution >= 4 is 5.91 Å². The molecule has 1 aliphatic rings. The number of amides is 1. The van der Waals surface area contributed by atoms with E-state index in [0.29, 0.717) is 6.54 Å². The summed E-state index contributed by atoms with van der Waals surface area (Å²) in [5, 5.41) is 9.13. The van der Waals surface area contributed by atoms with Crippen molar-refractivity contribution in [2.24, 2.45) is 0 Å². The van der Waals surface area contributed by atoms with Gasteiger partial charge in [0.1, 0.15) is 0 Å². The van der Waals surface area contributed by atoms with Crippen LogP contribution in [0.2, 0.25) is 0 Å². The van der Waals surface area contributed by atoms with Crippen molar-refractivity contribution in [2.75, 3.05) is 46.8 Å². The molecular weight excluding hydrogens is 228 g/mol. The Bertz CT molecular complexity index is 303. The van der Waals surface area contributed by atoms with E-state index in [-0.39, 0.29) is 11.9 Å². The second kappa shape index (κ2) is 7.34. The van der Waals surface area contributed by atoms with E-state index in [0.717, 1.165) is 39.0 Å². The largest absolute Gasteiger partial charge is 0.348 e. The van der Waals surface area contributed by atoms with Crippen LogP contribution in [-0.4, -0.2) is 73.5 Å². The molecule has 1 aliphatic heterocycles. The van der Waals surface area contributed by atoms with Gasteiger partial charge in [-0.2, -0.15) is 5.26 Å². The highest BCUT2D eigenvalue weighted by Gasteiger charge is 2.24. The first-order valence-electron chi connectivity index (χ1n) is 6.64. The zero-order valence-electron chi connectivity index (χ0n) is 11.7. The van der Waals surface area contributed by atoms with Gasteiger partial charge in [-0.25, -0.2) is 0 Å². The second-order valence-corrected chi connectivity index (χ2v) is 5.03. The summed E-state index contributed by atoms with van der Waals surface area (Å²) >= 11 is 0. The molecule has 0 saturated carbocycles. The minimum absolute atomic E-state index is 0.0432. The van der Waals surface area contributed by atoms with E-state index in [4.69, 9.17) is 5.26 Å². The van der Waals surface area contributed by atoms with Gasteiger partial charge in [-0.15, -0.1) is 0 Å². The normalized spacial score (nSPS) is 19.2. The molecule has 0 aromatic heterocycles. The summed E-state index contributed by atoms with van der Waals surface area (Å²) < 4.78 is 0. The first kappa shape index (κ1) is 14.9. The van der Waals surface area contributed by atoms with Crippen molar-refractivity contribution in [3.63, 3.8) is 0 Å². The van der Waals surface area contributed by atoms with Gasteiger partial charge in [0.15, 0.2) is 0 Å². The summed E-state index contributed by atoms with van der Waals surface area (Å²) in [7, 11) is 3.57. The second-order valence-electron chi connectivity index (χ2n) is 5.03. The molecule has 0 N–H and O–H groups in total. The Morgan fingerprint density at radius 1 is 1.33 bits per heavy atom. The fourth-order valence-corrected chi connectivity index (χ4v) is 2.17. The number of piperazine rings is 1. The van der Waals surface area contributed by atoms with Crippen LogP contribution in [0.3, 0.4) is 0 Å². The molecule has 0 radical (unpaired) electrons. The van der Waals surface area contributed by atoms with Crippen molar-refractivity contribution in [1.82, 2.24) is 14.7 Å². The van der Waals surface area contributed by atoms with Gasteiger partial charge in [-0.3, -0.25) is 14.6 Å². The zero-order valence-corrected chi connectivity index (χ0v) is 11.7. The Kier molecular flexibility index (Phi) is 6.10. The summed E-state index contributed by atoms with van der Waals surface area (Å²) in [5.74, 6) is 0.147. The minimum atomic E-state index is 0.0432. The number of carbonyl (C=O) groups is 1. The minimum Gasteiger partial charge on any atom is -0.348 e. The molecule has 18 heavy (non-hydrogen) atoms. The van der Waals surface area contributed by atoms with Crippen LogP contribution < -0.4 is 0 Å². The summed E-state index contributed by atoms with van der Waals surface area (Å²) in [6.07, 6.45) is 1.98. The Morgan fingerprint density at radius 2 is 1.94 bits per heavy atom. The van der Waals surface area contributed by atoms with Gasteiger partial charge in [-0.1, -0.05) is 13.3 Å².